The van der Waals surface area contributed by atoms with Crippen LogP contribution in [-0.4, -0.2) is 21.9 Å². The number of halogens is 2. The van der Waals surface area contributed by atoms with E-state index in [-0.39, 0.29) is 11.6 Å². The van der Waals surface area contributed by atoms with E-state index < -0.39 is 0 Å². The van der Waals surface area contributed by atoms with Gasteiger partial charge in [0.05, 0.1) is 10.7 Å². The lowest BCUT2D eigenvalue weighted by molar-refractivity contribution is 0.102. The van der Waals surface area contributed by atoms with Crippen molar-refractivity contribution in [1.82, 2.24) is 9.97 Å². The molecule has 7 heteroatoms. The Balaban J connectivity index is 1.76. The van der Waals surface area contributed by atoms with Crippen LogP contribution in [0.1, 0.15) is 23.3 Å². The maximum absolute atomic E-state index is 12.2. The summed E-state index contributed by atoms with van der Waals surface area (Å²) in [7, 11) is 0. The first-order chi connectivity index (χ1) is 10.1. The van der Waals surface area contributed by atoms with Crippen LogP contribution >= 0.6 is 23.2 Å². The Morgan fingerprint density at radius 3 is 2.81 bits per heavy atom. The normalized spacial score (nSPS) is 13.8. The van der Waals surface area contributed by atoms with Crippen LogP contribution in [0, 0.1) is 0 Å². The molecule has 1 amide bonds. The van der Waals surface area contributed by atoms with Gasteiger partial charge in [0.25, 0.3) is 5.91 Å². The van der Waals surface area contributed by atoms with Gasteiger partial charge in [0.2, 0.25) is 5.95 Å². The minimum absolute atomic E-state index is 0.268. The lowest BCUT2D eigenvalue weighted by atomic mass is 10.3. The van der Waals surface area contributed by atoms with Crippen molar-refractivity contribution in [2.24, 2.45) is 0 Å². The average molecular weight is 323 g/mol. The van der Waals surface area contributed by atoms with Gasteiger partial charge in [-0.3, -0.25) is 4.79 Å². The Labute approximate surface area is 131 Å². The lowest BCUT2D eigenvalue weighted by Crippen LogP contribution is -2.16. The minimum atomic E-state index is -0.361. The van der Waals surface area contributed by atoms with Crippen LogP contribution in [0.2, 0.25) is 10.0 Å². The number of anilines is 2. The highest BCUT2D eigenvalue weighted by molar-refractivity contribution is 6.35. The maximum atomic E-state index is 12.2. The predicted octanol–water partition coefficient (Wildman–Crippen LogP) is 3.61. The Morgan fingerprint density at radius 1 is 1.24 bits per heavy atom. The van der Waals surface area contributed by atoms with Crippen LogP contribution < -0.4 is 10.6 Å². The number of hydrogen-bond acceptors (Lipinski definition) is 4. The lowest BCUT2D eigenvalue weighted by Gasteiger charge is -2.08. The Morgan fingerprint density at radius 2 is 2.05 bits per heavy atom. The van der Waals surface area contributed by atoms with E-state index in [0.29, 0.717) is 27.7 Å². The molecular formula is C14H12Cl2N4O. The molecule has 0 aliphatic heterocycles. The fraction of sp³-hybridized carbons (Fsp3) is 0.214. The van der Waals surface area contributed by atoms with Crippen molar-refractivity contribution in [1.29, 1.82) is 0 Å². The summed E-state index contributed by atoms with van der Waals surface area (Å²) < 4.78 is 0. The van der Waals surface area contributed by atoms with Crippen molar-refractivity contribution in [2.75, 3.05) is 10.6 Å². The summed E-state index contributed by atoms with van der Waals surface area (Å²) in [6, 6.07) is 6.84. The minimum Gasteiger partial charge on any atom is -0.351 e. The summed E-state index contributed by atoms with van der Waals surface area (Å²) in [5, 5.41) is 6.75. The van der Waals surface area contributed by atoms with Crippen molar-refractivity contribution in [3.8, 4) is 0 Å². The summed E-state index contributed by atoms with van der Waals surface area (Å²) in [6.07, 6.45) is 3.77. The number of nitrogens with one attached hydrogen (secondary N) is 2. The van der Waals surface area contributed by atoms with Crippen LogP contribution in [0.5, 0.6) is 0 Å². The van der Waals surface area contributed by atoms with Gasteiger partial charge in [0, 0.05) is 17.3 Å². The first-order valence-corrected chi connectivity index (χ1v) is 7.23. The number of hydrogen-bond donors (Lipinski definition) is 2. The van der Waals surface area contributed by atoms with Gasteiger partial charge in [-0.15, -0.1) is 0 Å². The van der Waals surface area contributed by atoms with Gasteiger partial charge in [-0.05, 0) is 37.1 Å². The number of carbonyl (C=O) groups excluding carboxylic acids is 1. The summed E-state index contributed by atoms with van der Waals surface area (Å²) in [5.74, 6) is 0.0998. The number of rotatable bonds is 4. The molecule has 5 nitrogen and oxygen atoms in total. The largest absolute Gasteiger partial charge is 0.351 e. The SMILES string of the molecule is O=C(Nc1cc(Cl)ccc1Cl)c1ccnc(NC2CC2)n1. The number of nitrogens with zero attached hydrogens (tertiary/aromatic N) is 2. The van der Waals surface area contributed by atoms with E-state index in [1.54, 1.807) is 30.5 Å². The molecule has 108 valence electrons. The van der Waals surface area contributed by atoms with E-state index in [1.165, 1.54) is 0 Å². The van der Waals surface area contributed by atoms with Gasteiger partial charge in [0.15, 0.2) is 0 Å². The van der Waals surface area contributed by atoms with Crippen LogP contribution in [0.4, 0.5) is 11.6 Å². The van der Waals surface area contributed by atoms with Crippen LogP contribution in [0.25, 0.3) is 0 Å². The summed E-state index contributed by atoms with van der Waals surface area (Å²) in [6.45, 7) is 0. The predicted molar refractivity (Wildman–Crippen MR) is 83.1 cm³/mol. The second-order valence-electron chi connectivity index (χ2n) is 4.76. The monoisotopic (exact) mass is 322 g/mol. The van der Waals surface area contributed by atoms with Gasteiger partial charge in [-0.2, -0.15) is 0 Å². The Hall–Kier alpha value is -1.85. The molecule has 1 fully saturated rings. The highest BCUT2D eigenvalue weighted by Gasteiger charge is 2.22. The van der Waals surface area contributed by atoms with Crippen LogP contribution in [0.15, 0.2) is 30.5 Å². The van der Waals surface area contributed by atoms with Gasteiger partial charge in [0.1, 0.15) is 5.69 Å². The molecule has 2 N–H and O–H groups in total. The molecule has 1 heterocycles. The maximum Gasteiger partial charge on any atom is 0.274 e. The molecule has 3 rings (SSSR count). The van der Waals surface area contributed by atoms with Crippen molar-refractivity contribution >= 4 is 40.7 Å². The Kier molecular flexibility index (Phi) is 3.94. The van der Waals surface area contributed by atoms with Crippen molar-refractivity contribution in [3.63, 3.8) is 0 Å². The van der Waals surface area contributed by atoms with E-state index in [2.05, 4.69) is 20.6 Å². The van der Waals surface area contributed by atoms with E-state index in [4.69, 9.17) is 23.2 Å². The summed E-state index contributed by atoms with van der Waals surface area (Å²) in [5.41, 5.74) is 0.716. The van der Waals surface area contributed by atoms with Gasteiger partial charge < -0.3 is 10.6 Å². The standard InChI is InChI=1S/C14H12Cl2N4O/c15-8-1-4-10(16)12(7-8)19-13(21)11-5-6-17-14(20-11)18-9-2-3-9/h1,4-7,9H,2-3H2,(H,19,21)(H,17,18,20). The van der Waals surface area contributed by atoms with Crippen molar-refractivity contribution < 1.29 is 4.79 Å². The molecule has 1 aromatic heterocycles. The molecule has 2 aromatic rings. The fourth-order valence-corrected chi connectivity index (χ4v) is 2.08. The molecule has 0 saturated heterocycles. The first kappa shape index (κ1) is 14.1. The third-order valence-electron chi connectivity index (χ3n) is 2.98. The summed E-state index contributed by atoms with van der Waals surface area (Å²) >= 11 is 11.9. The number of benzene rings is 1. The molecule has 0 radical (unpaired) electrons. The van der Waals surface area contributed by atoms with E-state index in [0.717, 1.165) is 12.8 Å². The van der Waals surface area contributed by atoms with Gasteiger partial charge in [-0.25, -0.2) is 9.97 Å². The zero-order chi connectivity index (χ0) is 14.8. The molecule has 1 aliphatic rings. The van der Waals surface area contributed by atoms with Gasteiger partial charge in [-0.1, -0.05) is 23.2 Å². The first-order valence-electron chi connectivity index (χ1n) is 6.48. The molecule has 0 atom stereocenters. The molecule has 1 aliphatic carbocycles. The molecular weight excluding hydrogens is 311 g/mol. The topological polar surface area (TPSA) is 66.9 Å². The Bertz CT molecular complexity index is 688. The van der Waals surface area contributed by atoms with E-state index in [9.17, 15) is 4.79 Å². The quantitative estimate of drug-likeness (QED) is 0.902. The average Bonchev–Trinajstić information content (AvgIpc) is 3.27. The molecule has 0 unspecified atom stereocenters. The highest BCUT2D eigenvalue weighted by atomic mass is 35.5. The molecule has 21 heavy (non-hydrogen) atoms. The zero-order valence-electron chi connectivity index (χ0n) is 10.9. The van der Waals surface area contributed by atoms with Crippen LogP contribution in [0.3, 0.4) is 0 Å². The second kappa shape index (κ2) is 5.87. The number of aromatic nitrogens is 2. The van der Waals surface area contributed by atoms with E-state index in [1.807, 2.05) is 0 Å². The van der Waals surface area contributed by atoms with Crippen molar-refractivity contribution in [3.05, 3.63) is 46.2 Å². The van der Waals surface area contributed by atoms with E-state index >= 15 is 0 Å². The van der Waals surface area contributed by atoms with Crippen LogP contribution in [-0.2, 0) is 0 Å². The highest BCUT2D eigenvalue weighted by Crippen LogP contribution is 2.26. The summed E-state index contributed by atoms with van der Waals surface area (Å²) in [4.78, 5) is 20.5. The fourth-order valence-electron chi connectivity index (χ4n) is 1.74. The smallest absolute Gasteiger partial charge is 0.274 e. The molecule has 0 bridgehead atoms. The van der Waals surface area contributed by atoms with Gasteiger partial charge >= 0.3 is 0 Å². The zero-order valence-corrected chi connectivity index (χ0v) is 12.4. The van der Waals surface area contributed by atoms with Crippen molar-refractivity contribution in [2.45, 2.75) is 18.9 Å². The third kappa shape index (κ3) is 3.62. The molecule has 1 aromatic carbocycles. The molecule has 1 saturated carbocycles. The second-order valence-corrected chi connectivity index (χ2v) is 5.61. The number of amides is 1. The number of carbonyl (C=O) groups is 1. The third-order valence-corrected chi connectivity index (χ3v) is 3.54. The molecule has 0 spiro atoms.